The summed E-state index contributed by atoms with van der Waals surface area (Å²) in [5, 5.41) is 0. The van der Waals surface area contributed by atoms with Gasteiger partial charge in [-0.05, 0) is 85.6 Å². The van der Waals surface area contributed by atoms with Gasteiger partial charge in [-0.15, -0.1) is 0 Å². The van der Waals surface area contributed by atoms with E-state index in [9.17, 15) is 9.18 Å². The number of hydrogen-bond acceptors (Lipinski definition) is 2. The number of rotatable bonds is 3. The molecule has 0 aliphatic carbocycles. The number of ether oxygens (including phenoxy) is 1. The Kier molecular flexibility index (Phi) is 5.89. The average Bonchev–Trinajstić information content (AvgIpc) is 2.60. The van der Waals surface area contributed by atoms with E-state index in [1.165, 1.54) is 11.6 Å². The molecule has 1 aliphatic rings. The molecule has 2 aromatic carbocycles. The molecule has 0 spiro atoms. The Bertz CT molecular complexity index is 817. The minimum Gasteiger partial charge on any atom is -0.443 e. The lowest BCUT2D eigenvalue weighted by molar-refractivity contribution is 0.0558. The lowest BCUT2D eigenvalue weighted by Crippen LogP contribution is -2.46. The second kappa shape index (κ2) is 8.01. The topological polar surface area (TPSA) is 29.5 Å². The zero-order valence-electron chi connectivity index (χ0n) is 16.0. The zero-order valence-corrected chi connectivity index (χ0v) is 17.6. The molecule has 144 valence electrons. The number of hydrogen-bond donors (Lipinski definition) is 0. The summed E-state index contributed by atoms with van der Waals surface area (Å²) in [5.74, 6) is -0.305. The molecular weight excluding hydrogens is 409 g/mol. The van der Waals surface area contributed by atoms with Crippen molar-refractivity contribution < 1.29 is 13.9 Å². The summed E-state index contributed by atoms with van der Waals surface area (Å²) < 4.78 is 20.0. The van der Waals surface area contributed by atoms with Crippen molar-refractivity contribution >= 4 is 27.7 Å². The smallest absolute Gasteiger partial charge is 0.415 e. The molecule has 2 aromatic rings. The molecule has 1 amide bonds. The molecule has 0 saturated carbocycles. The number of aryl methyl sites for hydroxylation is 2. The first-order valence-corrected chi connectivity index (χ1v) is 10.1. The second-order valence-electron chi connectivity index (χ2n) is 7.96. The van der Waals surface area contributed by atoms with Crippen molar-refractivity contribution in [3.63, 3.8) is 0 Å². The van der Waals surface area contributed by atoms with Gasteiger partial charge in [0, 0.05) is 6.04 Å². The highest BCUT2D eigenvalue weighted by atomic mass is 79.9. The molecule has 0 bridgehead atoms. The SMILES string of the molecule is CC(C)(C)OC(=O)N1c2cc(Br)c(F)cc2CCC1CCc1ccccc1. The van der Waals surface area contributed by atoms with E-state index in [-0.39, 0.29) is 18.0 Å². The molecular formula is C22H25BrFNO2. The Morgan fingerprint density at radius 2 is 1.96 bits per heavy atom. The fraction of sp³-hybridized carbons (Fsp3) is 0.409. The molecule has 3 nitrogen and oxygen atoms in total. The second-order valence-corrected chi connectivity index (χ2v) is 8.82. The number of amides is 1. The summed E-state index contributed by atoms with van der Waals surface area (Å²) in [6.45, 7) is 5.57. The first kappa shape index (κ1) is 19.9. The minimum absolute atomic E-state index is 0.0184. The predicted octanol–water partition coefficient (Wildman–Crippen LogP) is 6.28. The van der Waals surface area contributed by atoms with Crippen LogP contribution in [-0.4, -0.2) is 17.7 Å². The number of carbonyl (C=O) groups is 1. The van der Waals surface area contributed by atoms with Crippen molar-refractivity contribution in [1.82, 2.24) is 0 Å². The molecule has 3 rings (SSSR count). The normalized spacial score (nSPS) is 16.8. The molecule has 0 saturated heterocycles. The fourth-order valence-electron chi connectivity index (χ4n) is 3.46. The van der Waals surface area contributed by atoms with Crippen molar-refractivity contribution in [2.24, 2.45) is 0 Å². The lowest BCUT2D eigenvalue weighted by atomic mass is 9.92. The quantitative estimate of drug-likeness (QED) is 0.569. The number of anilines is 1. The largest absolute Gasteiger partial charge is 0.443 e. The monoisotopic (exact) mass is 433 g/mol. The van der Waals surface area contributed by atoms with Gasteiger partial charge in [0.1, 0.15) is 11.4 Å². The van der Waals surface area contributed by atoms with Gasteiger partial charge in [0.25, 0.3) is 0 Å². The van der Waals surface area contributed by atoms with Crippen LogP contribution in [0.5, 0.6) is 0 Å². The summed E-state index contributed by atoms with van der Waals surface area (Å²) in [5.41, 5.74) is 2.24. The van der Waals surface area contributed by atoms with Crippen LogP contribution in [-0.2, 0) is 17.6 Å². The molecule has 0 N–H and O–H groups in total. The standard InChI is InChI=1S/C22H25BrFNO2/c1-22(2,3)27-21(26)25-17(11-9-15-7-5-4-6-8-15)12-10-16-13-19(24)18(23)14-20(16)25/h4-8,13-14,17H,9-12H2,1-3H3. The van der Waals surface area contributed by atoms with E-state index in [0.717, 1.165) is 36.9 Å². The van der Waals surface area contributed by atoms with E-state index in [1.54, 1.807) is 11.0 Å². The Labute approximate surface area is 168 Å². The van der Waals surface area contributed by atoms with Crippen LogP contribution in [0.4, 0.5) is 14.9 Å². The van der Waals surface area contributed by atoms with E-state index in [0.29, 0.717) is 4.47 Å². The van der Waals surface area contributed by atoms with Gasteiger partial charge in [-0.1, -0.05) is 30.3 Å². The van der Waals surface area contributed by atoms with Crippen LogP contribution in [0.1, 0.15) is 44.7 Å². The average molecular weight is 434 g/mol. The third kappa shape index (κ3) is 4.89. The van der Waals surface area contributed by atoms with E-state index < -0.39 is 5.60 Å². The summed E-state index contributed by atoms with van der Waals surface area (Å²) in [4.78, 5) is 14.7. The van der Waals surface area contributed by atoms with Crippen LogP contribution in [0.15, 0.2) is 46.9 Å². The van der Waals surface area contributed by atoms with Gasteiger partial charge >= 0.3 is 6.09 Å². The molecule has 5 heteroatoms. The Hall–Kier alpha value is -1.88. The molecule has 0 fully saturated rings. The maximum Gasteiger partial charge on any atom is 0.415 e. The molecule has 27 heavy (non-hydrogen) atoms. The Morgan fingerprint density at radius 1 is 1.26 bits per heavy atom. The lowest BCUT2D eigenvalue weighted by Gasteiger charge is -2.38. The number of fused-ring (bicyclic) bond motifs is 1. The van der Waals surface area contributed by atoms with Gasteiger partial charge in [0.05, 0.1) is 10.2 Å². The zero-order chi connectivity index (χ0) is 19.6. The van der Waals surface area contributed by atoms with E-state index in [4.69, 9.17) is 4.74 Å². The summed E-state index contributed by atoms with van der Waals surface area (Å²) in [6.07, 6.45) is 2.87. The molecule has 1 atom stereocenters. The maximum absolute atomic E-state index is 14.0. The first-order chi connectivity index (χ1) is 12.7. The molecule has 0 aromatic heterocycles. The van der Waals surface area contributed by atoms with Crippen molar-refractivity contribution in [2.45, 2.75) is 58.1 Å². The number of carbonyl (C=O) groups excluding carboxylic acids is 1. The highest BCUT2D eigenvalue weighted by molar-refractivity contribution is 9.10. The third-order valence-electron chi connectivity index (χ3n) is 4.69. The van der Waals surface area contributed by atoms with Gasteiger partial charge in [-0.3, -0.25) is 4.90 Å². The van der Waals surface area contributed by atoms with Crippen molar-refractivity contribution in [2.75, 3.05) is 4.90 Å². The van der Waals surface area contributed by atoms with Crippen LogP contribution >= 0.6 is 15.9 Å². The first-order valence-electron chi connectivity index (χ1n) is 9.28. The van der Waals surface area contributed by atoms with Gasteiger partial charge < -0.3 is 4.74 Å². The maximum atomic E-state index is 14.0. The van der Waals surface area contributed by atoms with Gasteiger partial charge in [-0.25, -0.2) is 9.18 Å². The highest BCUT2D eigenvalue weighted by Gasteiger charge is 2.34. The van der Waals surface area contributed by atoms with Crippen molar-refractivity contribution in [3.05, 3.63) is 63.9 Å². The van der Waals surface area contributed by atoms with Crippen LogP contribution in [0.3, 0.4) is 0 Å². The van der Waals surface area contributed by atoms with Gasteiger partial charge in [-0.2, -0.15) is 0 Å². The van der Waals surface area contributed by atoms with Crippen molar-refractivity contribution in [1.29, 1.82) is 0 Å². The third-order valence-corrected chi connectivity index (χ3v) is 5.30. The highest BCUT2D eigenvalue weighted by Crippen LogP contribution is 2.37. The van der Waals surface area contributed by atoms with E-state index in [2.05, 4.69) is 28.1 Å². The molecule has 1 aliphatic heterocycles. The summed E-state index contributed by atoms with van der Waals surface area (Å²) >= 11 is 3.25. The fourth-order valence-corrected chi connectivity index (χ4v) is 3.79. The van der Waals surface area contributed by atoms with Gasteiger partial charge in [0.15, 0.2) is 0 Å². The molecule has 1 heterocycles. The van der Waals surface area contributed by atoms with Crippen molar-refractivity contribution in [3.8, 4) is 0 Å². The Balaban J connectivity index is 1.89. The Morgan fingerprint density at radius 3 is 2.63 bits per heavy atom. The van der Waals surface area contributed by atoms with Gasteiger partial charge in [0.2, 0.25) is 0 Å². The van der Waals surface area contributed by atoms with E-state index in [1.807, 2.05) is 39.0 Å². The molecule has 1 unspecified atom stereocenters. The van der Waals surface area contributed by atoms with Crippen LogP contribution < -0.4 is 4.90 Å². The van der Waals surface area contributed by atoms with E-state index >= 15 is 0 Å². The van der Waals surface area contributed by atoms with Crippen LogP contribution in [0, 0.1) is 5.82 Å². The van der Waals surface area contributed by atoms with Crippen LogP contribution in [0.25, 0.3) is 0 Å². The summed E-state index contributed by atoms with van der Waals surface area (Å²) in [7, 11) is 0. The predicted molar refractivity (Wildman–Crippen MR) is 110 cm³/mol. The molecule has 0 radical (unpaired) electrons. The number of halogens is 2. The minimum atomic E-state index is -0.587. The number of benzene rings is 2. The summed E-state index contributed by atoms with van der Waals surface area (Å²) in [6, 6.07) is 13.5. The number of nitrogens with zero attached hydrogens (tertiary/aromatic N) is 1. The van der Waals surface area contributed by atoms with Crippen LogP contribution in [0.2, 0.25) is 0 Å².